The van der Waals surface area contributed by atoms with Gasteiger partial charge in [-0.3, -0.25) is 4.79 Å². The first-order valence-corrected chi connectivity index (χ1v) is 9.92. The van der Waals surface area contributed by atoms with Gasteiger partial charge in [0.25, 0.3) is 0 Å². The van der Waals surface area contributed by atoms with E-state index in [2.05, 4.69) is 5.16 Å². The van der Waals surface area contributed by atoms with Crippen LogP contribution >= 0.6 is 11.8 Å². The number of nitrogens with zero attached hydrogens (tertiary/aromatic N) is 2. The Hall–Kier alpha value is -1.82. The molecule has 4 nitrogen and oxygen atoms in total. The number of aryl methyl sites for hydroxylation is 1. The summed E-state index contributed by atoms with van der Waals surface area (Å²) in [7, 11) is 0. The van der Waals surface area contributed by atoms with Crippen molar-refractivity contribution in [1.29, 1.82) is 0 Å². The minimum absolute atomic E-state index is 0.0687. The van der Waals surface area contributed by atoms with E-state index in [4.69, 9.17) is 4.52 Å². The van der Waals surface area contributed by atoms with Crippen LogP contribution in [-0.4, -0.2) is 22.9 Å². The number of hydrogen-bond acceptors (Lipinski definition) is 4. The summed E-state index contributed by atoms with van der Waals surface area (Å²) in [6.07, 6.45) is 6.14. The first kappa shape index (κ1) is 16.6. The van der Waals surface area contributed by atoms with Gasteiger partial charge in [0.1, 0.15) is 11.6 Å². The molecule has 0 N–H and O–H groups in total. The molecule has 1 fully saturated rings. The molecule has 1 aliphatic carbocycles. The van der Waals surface area contributed by atoms with Crippen molar-refractivity contribution in [2.75, 3.05) is 11.4 Å². The zero-order valence-electron chi connectivity index (χ0n) is 14.0. The standard InChI is InChI=1S/C19H21FN2O2S/c20-13-5-3-6-14(11-13)22-10-4-9-18(19(22)23)25-12-16-15-7-1-2-8-17(15)24-21-16/h3,5-6,11,18H,1-2,4,7-10,12H2. The molecule has 1 aliphatic heterocycles. The van der Waals surface area contributed by atoms with Crippen LogP contribution in [0.1, 0.15) is 42.7 Å². The smallest absolute Gasteiger partial charge is 0.240 e. The summed E-state index contributed by atoms with van der Waals surface area (Å²) >= 11 is 1.63. The maximum absolute atomic E-state index is 13.5. The van der Waals surface area contributed by atoms with Crippen molar-refractivity contribution in [2.45, 2.75) is 49.5 Å². The van der Waals surface area contributed by atoms with E-state index in [-0.39, 0.29) is 17.0 Å². The monoisotopic (exact) mass is 360 g/mol. The third kappa shape index (κ3) is 3.45. The van der Waals surface area contributed by atoms with Crippen LogP contribution in [0.4, 0.5) is 10.1 Å². The molecule has 6 heteroatoms. The van der Waals surface area contributed by atoms with Crippen molar-refractivity contribution < 1.29 is 13.7 Å². The molecule has 0 saturated carbocycles. The van der Waals surface area contributed by atoms with Crippen LogP contribution in [0.3, 0.4) is 0 Å². The number of halogens is 1. The van der Waals surface area contributed by atoms with Crippen LogP contribution in [0.15, 0.2) is 28.8 Å². The number of carbonyl (C=O) groups excluding carboxylic acids is 1. The number of carbonyl (C=O) groups is 1. The van der Waals surface area contributed by atoms with E-state index in [1.165, 1.54) is 30.5 Å². The summed E-state index contributed by atoms with van der Waals surface area (Å²) in [4.78, 5) is 14.5. The summed E-state index contributed by atoms with van der Waals surface area (Å²) in [6.45, 7) is 0.651. The average molecular weight is 360 g/mol. The number of piperidine rings is 1. The highest BCUT2D eigenvalue weighted by molar-refractivity contribution is 7.99. The molecule has 25 heavy (non-hydrogen) atoms. The number of aromatic nitrogens is 1. The van der Waals surface area contributed by atoms with E-state index < -0.39 is 0 Å². The first-order valence-electron chi connectivity index (χ1n) is 8.87. The molecular weight excluding hydrogens is 339 g/mol. The molecule has 1 amide bonds. The molecule has 1 unspecified atom stereocenters. The molecular formula is C19H21FN2O2S. The maximum Gasteiger partial charge on any atom is 0.240 e. The molecule has 1 aromatic heterocycles. The highest BCUT2D eigenvalue weighted by Crippen LogP contribution is 2.32. The Morgan fingerprint density at radius 2 is 2.16 bits per heavy atom. The summed E-state index contributed by atoms with van der Waals surface area (Å²) in [5.74, 6) is 1.48. The van der Waals surface area contributed by atoms with Gasteiger partial charge in [-0.05, 0) is 50.3 Å². The minimum atomic E-state index is -0.311. The van der Waals surface area contributed by atoms with Crippen molar-refractivity contribution in [3.05, 3.63) is 47.1 Å². The predicted octanol–water partition coefficient (Wildman–Crippen LogP) is 4.12. The molecule has 0 radical (unpaired) electrons. The minimum Gasteiger partial charge on any atom is -0.361 e. The predicted molar refractivity (Wildman–Crippen MR) is 96.2 cm³/mol. The number of hydrogen-bond donors (Lipinski definition) is 0. The zero-order chi connectivity index (χ0) is 17.2. The lowest BCUT2D eigenvalue weighted by Crippen LogP contribution is -2.43. The molecule has 2 aromatic rings. The largest absolute Gasteiger partial charge is 0.361 e. The van der Waals surface area contributed by atoms with E-state index in [0.29, 0.717) is 18.0 Å². The Morgan fingerprint density at radius 1 is 1.28 bits per heavy atom. The molecule has 1 aromatic carbocycles. The van der Waals surface area contributed by atoms with Crippen LogP contribution in [0.5, 0.6) is 0 Å². The lowest BCUT2D eigenvalue weighted by Gasteiger charge is -2.32. The van der Waals surface area contributed by atoms with Crippen LogP contribution in [-0.2, 0) is 23.4 Å². The van der Waals surface area contributed by atoms with Gasteiger partial charge in [-0.25, -0.2) is 4.39 Å². The van der Waals surface area contributed by atoms with E-state index in [9.17, 15) is 9.18 Å². The SMILES string of the molecule is O=C1C(SCc2noc3c2CCCC3)CCCN1c1cccc(F)c1. The summed E-state index contributed by atoms with van der Waals surface area (Å²) in [5.41, 5.74) is 2.90. The van der Waals surface area contributed by atoms with Crippen LogP contribution < -0.4 is 4.90 Å². The Bertz CT molecular complexity index is 777. The van der Waals surface area contributed by atoms with E-state index in [1.54, 1.807) is 28.8 Å². The Morgan fingerprint density at radius 3 is 3.04 bits per heavy atom. The van der Waals surface area contributed by atoms with Gasteiger partial charge in [-0.2, -0.15) is 0 Å². The van der Waals surface area contributed by atoms with Gasteiger partial charge < -0.3 is 9.42 Å². The van der Waals surface area contributed by atoms with Gasteiger partial charge in [0.05, 0.1) is 10.9 Å². The second kappa shape index (κ2) is 7.20. The highest BCUT2D eigenvalue weighted by atomic mass is 32.2. The van der Waals surface area contributed by atoms with Crippen molar-refractivity contribution in [1.82, 2.24) is 5.16 Å². The number of fused-ring (bicyclic) bond motifs is 1. The molecule has 2 aliphatic rings. The Kier molecular flexibility index (Phi) is 4.79. The highest BCUT2D eigenvalue weighted by Gasteiger charge is 2.31. The fourth-order valence-electron chi connectivity index (χ4n) is 3.64. The molecule has 132 valence electrons. The topological polar surface area (TPSA) is 46.3 Å². The van der Waals surface area contributed by atoms with Crippen LogP contribution in [0.2, 0.25) is 0 Å². The summed E-state index contributed by atoms with van der Waals surface area (Å²) in [5, 5.41) is 4.12. The molecule has 1 saturated heterocycles. The lowest BCUT2D eigenvalue weighted by molar-refractivity contribution is -0.119. The number of thioether (sulfide) groups is 1. The number of anilines is 1. The Labute approximate surface area is 150 Å². The normalized spacial score (nSPS) is 20.6. The van der Waals surface area contributed by atoms with Crippen LogP contribution in [0, 0.1) is 5.82 Å². The van der Waals surface area contributed by atoms with Crippen molar-refractivity contribution in [3.63, 3.8) is 0 Å². The molecule has 0 bridgehead atoms. The molecule has 1 atom stereocenters. The van der Waals surface area contributed by atoms with E-state index in [1.807, 2.05) is 0 Å². The summed E-state index contributed by atoms with van der Waals surface area (Å²) < 4.78 is 18.9. The maximum atomic E-state index is 13.5. The number of rotatable bonds is 4. The first-order chi connectivity index (χ1) is 12.2. The number of amides is 1. The van der Waals surface area contributed by atoms with Crippen LogP contribution in [0.25, 0.3) is 0 Å². The third-order valence-electron chi connectivity index (χ3n) is 4.96. The van der Waals surface area contributed by atoms with E-state index >= 15 is 0 Å². The zero-order valence-corrected chi connectivity index (χ0v) is 14.9. The third-order valence-corrected chi connectivity index (χ3v) is 6.24. The van der Waals surface area contributed by atoms with Gasteiger partial charge in [-0.15, -0.1) is 11.8 Å². The van der Waals surface area contributed by atoms with Crippen molar-refractivity contribution >= 4 is 23.4 Å². The van der Waals surface area contributed by atoms with Crippen molar-refractivity contribution in [2.24, 2.45) is 0 Å². The quantitative estimate of drug-likeness (QED) is 0.823. The fourth-order valence-corrected chi connectivity index (χ4v) is 4.83. The van der Waals surface area contributed by atoms with Gasteiger partial charge in [-0.1, -0.05) is 11.2 Å². The van der Waals surface area contributed by atoms with E-state index in [0.717, 1.165) is 37.1 Å². The second-order valence-corrected chi connectivity index (χ2v) is 7.84. The Balaban J connectivity index is 1.44. The van der Waals surface area contributed by atoms with Gasteiger partial charge in [0.15, 0.2) is 0 Å². The van der Waals surface area contributed by atoms with Gasteiger partial charge >= 0.3 is 0 Å². The molecule has 0 spiro atoms. The van der Waals surface area contributed by atoms with Gasteiger partial charge in [0.2, 0.25) is 5.91 Å². The lowest BCUT2D eigenvalue weighted by atomic mass is 9.97. The van der Waals surface area contributed by atoms with Gasteiger partial charge in [0, 0.05) is 30.0 Å². The molecule has 4 rings (SSSR count). The summed E-state index contributed by atoms with van der Waals surface area (Å²) in [6, 6.07) is 6.27. The fraction of sp³-hybridized carbons (Fsp3) is 0.474. The second-order valence-electron chi connectivity index (χ2n) is 6.65. The molecule has 2 heterocycles. The van der Waals surface area contributed by atoms with Crippen molar-refractivity contribution in [3.8, 4) is 0 Å². The number of benzene rings is 1. The average Bonchev–Trinajstić information content (AvgIpc) is 3.04.